The number of nitrogens with zero attached hydrogens (tertiary/aromatic N) is 1. The number of amides is 1. The number of benzene rings is 3. The summed E-state index contributed by atoms with van der Waals surface area (Å²) in [6, 6.07) is 18.6. The Bertz CT molecular complexity index is 1180. The number of nitrogens with one attached hydrogen (secondary N) is 1. The number of carbonyl (C=O) groups excluding carboxylic acids is 1. The lowest BCUT2D eigenvalue weighted by Gasteiger charge is -2.05. The van der Waals surface area contributed by atoms with Crippen LogP contribution in [0.25, 0.3) is 20.9 Å². The van der Waals surface area contributed by atoms with Crippen LogP contribution in [0.3, 0.4) is 0 Å². The second-order valence-electron chi connectivity index (χ2n) is 5.94. The van der Waals surface area contributed by atoms with Crippen molar-refractivity contribution in [1.82, 2.24) is 5.43 Å². The molecule has 134 valence electrons. The van der Waals surface area contributed by atoms with Crippen molar-refractivity contribution in [2.75, 3.05) is 7.11 Å². The lowest BCUT2D eigenvalue weighted by Crippen LogP contribution is -2.17. The minimum atomic E-state index is -0.315. The summed E-state index contributed by atoms with van der Waals surface area (Å²) in [5.74, 6) is 0.630. The molecule has 0 fully saturated rings. The summed E-state index contributed by atoms with van der Waals surface area (Å²) in [7, 11) is 1.62. The second-order valence-corrected chi connectivity index (χ2v) is 7.02. The van der Waals surface area contributed by atoms with Crippen LogP contribution in [0.5, 0.6) is 11.5 Å². The smallest absolute Gasteiger partial charge is 0.271 e. The molecule has 0 spiro atoms. The molecular weight excluding hydrogens is 360 g/mol. The minimum Gasteiger partial charge on any atom is -0.506 e. The lowest BCUT2D eigenvalue weighted by molar-refractivity contribution is 0.0955. The minimum absolute atomic E-state index is 0.174. The zero-order valence-electron chi connectivity index (χ0n) is 14.5. The van der Waals surface area contributed by atoms with Crippen LogP contribution in [0.2, 0.25) is 0 Å². The Balaban J connectivity index is 1.52. The van der Waals surface area contributed by atoms with Gasteiger partial charge in [-0.15, -0.1) is 11.3 Å². The molecule has 0 aliphatic heterocycles. The van der Waals surface area contributed by atoms with E-state index >= 15 is 0 Å². The van der Waals surface area contributed by atoms with Crippen LogP contribution in [0, 0.1) is 0 Å². The van der Waals surface area contributed by atoms with Gasteiger partial charge < -0.3 is 9.84 Å². The molecule has 0 saturated heterocycles. The van der Waals surface area contributed by atoms with Crippen molar-refractivity contribution in [2.24, 2.45) is 5.10 Å². The van der Waals surface area contributed by atoms with Gasteiger partial charge in [0.25, 0.3) is 5.91 Å². The molecule has 0 atom stereocenters. The highest BCUT2D eigenvalue weighted by atomic mass is 32.1. The molecule has 0 saturated carbocycles. The molecule has 2 N–H and O–H groups in total. The Labute approximate surface area is 159 Å². The summed E-state index contributed by atoms with van der Waals surface area (Å²) < 4.78 is 6.17. The van der Waals surface area contributed by atoms with Gasteiger partial charge >= 0.3 is 0 Å². The average Bonchev–Trinajstić information content (AvgIpc) is 3.03. The van der Waals surface area contributed by atoms with Gasteiger partial charge in [-0.1, -0.05) is 24.3 Å². The summed E-state index contributed by atoms with van der Waals surface area (Å²) in [6.07, 6.45) is 1.46. The maximum atomic E-state index is 12.4. The molecule has 3 aromatic carbocycles. The van der Waals surface area contributed by atoms with Crippen LogP contribution in [0.1, 0.15) is 15.2 Å². The molecule has 0 bridgehead atoms. The van der Waals surface area contributed by atoms with Gasteiger partial charge in [0, 0.05) is 15.6 Å². The number of ether oxygens (including phenoxy) is 1. The number of carbonyl (C=O) groups is 1. The third kappa shape index (κ3) is 3.35. The molecular formula is C21H16N2O3S. The Kier molecular flexibility index (Phi) is 4.48. The number of hydrogen-bond donors (Lipinski definition) is 2. The van der Waals surface area contributed by atoms with E-state index in [1.807, 2.05) is 48.5 Å². The molecule has 6 heteroatoms. The quantitative estimate of drug-likeness (QED) is 0.406. The van der Waals surface area contributed by atoms with Crippen molar-refractivity contribution >= 4 is 44.3 Å². The fourth-order valence-corrected chi connectivity index (χ4v) is 3.81. The van der Waals surface area contributed by atoms with Gasteiger partial charge in [0.1, 0.15) is 11.5 Å². The number of methoxy groups -OCH3 is 1. The summed E-state index contributed by atoms with van der Waals surface area (Å²) in [5, 5.41) is 16.9. The molecule has 0 aliphatic carbocycles. The first-order valence-electron chi connectivity index (χ1n) is 8.27. The topological polar surface area (TPSA) is 70.9 Å². The predicted molar refractivity (Wildman–Crippen MR) is 109 cm³/mol. The summed E-state index contributed by atoms with van der Waals surface area (Å²) >= 11 is 1.41. The van der Waals surface area contributed by atoms with Gasteiger partial charge in [0.2, 0.25) is 0 Å². The first-order chi connectivity index (χ1) is 13.2. The van der Waals surface area contributed by atoms with E-state index in [1.54, 1.807) is 19.2 Å². The van der Waals surface area contributed by atoms with Crippen LogP contribution in [0.15, 0.2) is 65.8 Å². The highest BCUT2D eigenvalue weighted by Crippen LogP contribution is 2.35. The van der Waals surface area contributed by atoms with E-state index in [4.69, 9.17) is 4.74 Å². The largest absolute Gasteiger partial charge is 0.506 e. The number of aromatic hydroxyl groups is 1. The lowest BCUT2D eigenvalue weighted by atomic mass is 10.1. The van der Waals surface area contributed by atoms with E-state index < -0.39 is 0 Å². The summed E-state index contributed by atoms with van der Waals surface area (Å²) in [5.41, 5.74) is 3.01. The summed E-state index contributed by atoms with van der Waals surface area (Å²) in [6.45, 7) is 0. The molecule has 1 amide bonds. The van der Waals surface area contributed by atoms with Gasteiger partial charge in [-0.2, -0.15) is 5.10 Å². The van der Waals surface area contributed by atoms with E-state index in [-0.39, 0.29) is 11.7 Å². The fraction of sp³-hybridized carbons (Fsp3) is 0.0476. The molecule has 0 unspecified atom stereocenters. The van der Waals surface area contributed by atoms with E-state index in [1.165, 1.54) is 17.6 Å². The molecule has 0 radical (unpaired) electrons. The monoisotopic (exact) mass is 376 g/mol. The van der Waals surface area contributed by atoms with Gasteiger partial charge in [0.05, 0.1) is 18.2 Å². The van der Waals surface area contributed by atoms with Crippen molar-refractivity contribution < 1.29 is 14.6 Å². The first-order valence-corrected chi connectivity index (χ1v) is 9.09. The van der Waals surface area contributed by atoms with E-state index in [9.17, 15) is 9.90 Å². The normalized spacial score (nSPS) is 11.3. The second kappa shape index (κ2) is 7.09. The van der Waals surface area contributed by atoms with Gasteiger partial charge in [-0.25, -0.2) is 5.43 Å². The Morgan fingerprint density at radius 3 is 2.70 bits per heavy atom. The first kappa shape index (κ1) is 17.1. The molecule has 5 nitrogen and oxygen atoms in total. The molecule has 4 aromatic rings. The molecule has 0 aliphatic rings. The van der Waals surface area contributed by atoms with Crippen LogP contribution in [-0.4, -0.2) is 24.3 Å². The molecule has 4 rings (SSSR count). The van der Waals surface area contributed by atoms with Gasteiger partial charge in [0.15, 0.2) is 0 Å². The predicted octanol–water partition coefficient (Wildman–Crippen LogP) is 4.53. The third-order valence-electron chi connectivity index (χ3n) is 4.25. The maximum Gasteiger partial charge on any atom is 0.271 e. The van der Waals surface area contributed by atoms with Crippen LogP contribution in [-0.2, 0) is 0 Å². The van der Waals surface area contributed by atoms with Crippen LogP contribution < -0.4 is 10.2 Å². The standard InChI is InChI=1S/C21H16N2O3S/c1-26-16-9-8-13-10-15(7-6-14(13)11-16)21(25)23-22-12-19-20(24)17-4-2-3-5-18(17)27-19/h2-12,24H,1H3,(H,23,25)/b22-12+. The van der Waals surface area contributed by atoms with Gasteiger partial charge in [-0.05, 0) is 47.2 Å². The zero-order chi connectivity index (χ0) is 18.8. The number of hydrazone groups is 1. The fourth-order valence-electron chi connectivity index (χ4n) is 2.84. The number of rotatable bonds is 4. The number of hydrogen-bond acceptors (Lipinski definition) is 5. The van der Waals surface area contributed by atoms with E-state index in [2.05, 4.69) is 10.5 Å². The highest BCUT2D eigenvalue weighted by molar-refractivity contribution is 7.21. The highest BCUT2D eigenvalue weighted by Gasteiger charge is 2.09. The SMILES string of the molecule is COc1ccc2cc(C(=O)N/N=C/c3sc4ccccc4c3O)ccc2c1. The Hall–Kier alpha value is -3.38. The van der Waals surface area contributed by atoms with Crippen molar-refractivity contribution in [3.8, 4) is 11.5 Å². The van der Waals surface area contributed by atoms with Crippen molar-refractivity contribution in [1.29, 1.82) is 0 Å². The average molecular weight is 376 g/mol. The molecule has 1 aromatic heterocycles. The zero-order valence-corrected chi connectivity index (χ0v) is 15.3. The maximum absolute atomic E-state index is 12.4. The Morgan fingerprint density at radius 2 is 1.89 bits per heavy atom. The van der Waals surface area contributed by atoms with E-state index in [0.29, 0.717) is 10.4 Å². The number of fused-ring (bicyclic) bond motifs is 2. The molecule has 27 heavy (non-hydrogen) atoms. The van der Waals surface area contributed by atoms with Crippen LogP contribution >= 0.6 is 11.3 Å². The van der Waals surface area contributed by atoms with Crippen molar-refractivity contribution in [3.05, 3.63) is 71.1 Å². The van der Waals surface area contributed by atoms with Crippen molar-refractivity contribution in [2.45, 2.75) is 0 Å². The van der Waals surface area contributed by atoms with Crippen LogP contribution in [0.4, 0.5) is 0 Å². The summed E-state index contributed by atoms with van der Waals surface area (Å²) in [4.78, 5) is 12.9. The Morgan fingerprint density at radius 1 is 1.11 bits per heavy atom. The van der Waals surface area contributed by atoms with E-state index in [0.717, 1.165) is 26.6 Å². The third-order valence-corrected chi connectivity index (χ3v) is 5.35. The van der Waals surface area contributed by atoms with Crippen molar-refractivity contribution in [3.63, 3.8) is 0 Å². The molecule has 1 heterocycles. The number of thiophene rings is 1. The van der Waals surface area contributed by atoms with Gasteiger partial charge in [-0.3, -0.25) is 4.79 Å².